The first-order chi connectivity index (χ1) is 8.25. The van der Waals surface area contributed by atoms with Crippen LogP contribution in [0.2, 0.25) is 0 Å². The third kappa shape index (κ3) is 1.80. The fraction of sp³-hybridized carbons (Fsp3) is 0.250. The molecule has 5 nitrogen and oxygen atoms in total. The molecule has 17 heavy (non-hydrogen) atoms. The van der Waals surface area contributed by atoms with Crippen molar-refractivity contribution in [3.05, 3.63) is 36.2 Å². The van der Waals surface area contributed by atoms with E-state index in [2.05, 4.69) is 14.8 Å². The summed E-state index contributed by atoms with van der Waals surface area (Å²) >= 11 is 0. The van der Waals surface area contributed by atoms with Gasteiger partial charge in [0.1, 0.15) is 6.33 Å². The lowest BCUT2D eigenvalue weighted by molar-refractivity contribution is 0.0697. The summed E-state index contributed by atoms with van der Waals surface area (Å²) in [6, 6.07) is 7.23. The van der Waals surface area contributed by atoms with Crippen LogP contribution in [-0.2, 0) is 0 Å². The van der Waals surface area contributed by atoms with Gasteiger partial charge in [0.2, 0.25) is 0 Å². The lowest BCUT2D eigenvalue weighted by atomic mass is 10.1. The monoisotopic (exact) mass is 229 g/mol. The van der Waals surface area contributed by atoms with Gasteiger partial charge >= 0.3 is 5.97 Å². The molecule has 0 amide bonds. The smallest absolute Gasteiger partial charge is 0.335 e. The summed E-state index contributed by atoms with van der Waals surface area (Å²) in [5.41, 5.74) is 1.19. The lowest BCUT2D eigenvalue weighted by Gasteiger charge is -2.04. The Morgan fingerprint density at radius 2 is 2.00 bits per heavy atom. The van der Waals surface area contributed by atoms with Gasteiger partial charge in [0, 0.05) is 11.6 Å². The van der Waals surface area contributed by atoms with Crippen LogP contribution in [0.4, 0.5) is 0 Å². The highest BCUT2D eigenvalue weighted by Gasteiger charge is 2.26. The number of carbonyl (C=O) groups is 1. The van der Waals surface area contributed by atoms with Crippen LogP contribution in [0.1, 0.15) is 29.2 Å². The second-order valence-corrected chi connectivity index (χ2v) is 4.18. The lowest BCUT2D eigenvalue weighted by Crippen LogP contribution is -1.98. The number of hydrogen-bond donors (Lipinski definition) is 1. The minimum Gasteiger partial charge on any atom is -0.478 e. The molecule has 86 valence electrons. The highest BCUT2D eigenvalue weighted by molar-refractivity contribution is 5.88. The Kier molecular flexibility index (Phi) is 2.18. The quantitative estimate of drug-likeness (QED) is 0.873. The van der Waals surface area contributed by atoms with E-state index in [1.807, 2.05) is 0 Å². The van der Waals surface area contributed by atoms with Crippen LogP contribution < -0.4 is 0 Å². The van der Waals surface area contributed by atoms with Gasteiger partial charge in [-0.2, -0.15) is 0 Å². The van der Waals surface area contributed by atoms with Gasteiger partial charge < -0.3 is 9.67 Å². The normalized spacial score (nSPS) is 14.8. The highest BCUT2D eigenvalue weighted by atomic mass is 16.4. The van der Waals surface area contributed by atoms with Crippen molar-refractivity contribution in [2.24, 2.45) is 0 Å². The number of rotatable bonds is 3. The van der Waals surface area contributed by atoms with E-state index >= 15 is 0 Å². The van der Waals surface area contributed by atoms with Crippen LogP contribution in [0.5, 0.6) is 0 Å². The summed E-state index contributed by atoms with van der Waals surface area (Å²) in [6.45, 7) is 0. The van der Waals surface area contributed by atoms with Gasteiger partial charge in [0.25, 0.3) is 0 Å². The topological polar surface area (TPSA) is 68.0 Å². The molecular weight excluding hydrogens is 218 g/mol. The van der Waals surface area contributed by atoms with E-state index in [1.165, 1.54) is 0 Å². The van der Waals surface area contributed by atoms with Crippen molar-refractivity contribution in [2.75, 3.05) is 0 Å². The standard InChI is InChI=1S/C12H11N3O2/c16-12(17)9-3-1-8(2-4-9)11-14-13-7-15(11)10-5-6-10/h1-4,7,10H,5-6H2,(H,16,17). The summed E-state index contributed by atoms with van der Waals surface area (Å²) in [5.74, 6) is -0.107. The Morgan fingerprint density at radius 3 is 2.59 bits per heavy atom. The van der Waals surface area contributed by atoms with E-state index in [4.69, 9.17) is 5.11 Å². The van der Waals surface area contributed by atoms with Gasteiger partial charge in [0.05, 0.1) is 5.56 Å². The molecule has 0 saturated heterocycles. The Labute approximate surface area is 97.7 Å². The van der Waals surface area contributed by atoms with Gasteiger partial charge in [-0.25, -0.2) is 4.79 Å². The molecule has 2 aromatic rings. The number of carboxylic acids is 1. The van der Waals surface area contributed by atoms with E-state index in [-0.39, 0.29) is 5.56 Å². The molecule has 3 rings (SSSR count). The molecule has 1 aromatic heterocycles. The zero-order valence-corrected chi connectivity index (χ0v) is 9.08. The summed E-state index contributed by atoms with van der Waals surface area (Å²) < 4.78 is 2.05. The number of carboxylic acid groups (broad SMARTS) is 1. The molecule has 0 radical (unpaired) electrons. The van der Waals surface area contributed by atoms with E-state index in [0.717, 1.165) is 24.2 Å². The van der Waals surface area contributed by atoms with Crippen molar-refractivity contribution in [1.82, 2.24) is 14.8 Å². The summed E-state index contributed by atoms with van der Waals surface area (Å²) in [5, 5.41) is 16.8. The van der Waals surface area contributed by atoms with Crippen molar-refractivity contribution in [1.29, 1.82) is 0 Å². The maximum absolute atomic E-state index is 10.8. The van der Waals surface area contributed by atoms with Crippen molar-refractivity contribution >= 4 is 5.97 Å². The van der Waals surface area contributed by atoms with Gasteiger partial charge in [-0.05, 0) is 25.0 Å². The maximum atomic E-state index is 10.8. The minimum absolute atomic E-state index is 0.284. The molecule has 1 aliphatic rings. The molecule has 1 saturated carbocycles. The number of nitrogens with zero attached hydrogens (tertiary/aromatic N) is 3. The first-order valence-corrected chi connectivity index (χ1v) is 5.49. The molecule has 0 bridgehead atoms. The van der Waals surface area contributed by atoms with E-state index in [1.54, 1.807) is 30.6 Å². The molecule has 1 aliphatic carbocycles. The van der Waals surface area contributed by atoms with Crippen LogP contribution in [0.15, 0.2) is 30.6 Å². The summed E-state index contributed by atoms with van der Waals surface area (Å²) in [7, 11) is 0. The number of aromatic carboxylic acids is 1. The van der Waals surface area contributed by atoms with Crippen LogP contribution in [0.3, 0.4) is 0 Å². The second-order valence-electron chi connectivity index (χ2n) is 4.18. The van der Waals surface area contributed by atoms with Gasteiger partial charge in [-0.15, -0.1) is 10.2 Å². The van der Waals surface area contributed by atoms with E-state index in [9.17, 15) is 4.79 Å². The largest absolute Gasteiger partial charge is 0.478 e. The maximum Gasteiger partial charge on any atom is 0.335 e. The first-order valence-electron chi connectivity index (χ1n) is 5.49. The fourth-order valence-electron chi connectivity index (χ4n) is 1.83. The molecule has 0 aliphatic heterocycles. The third-order valence-corrected chi connectivity index (χ3v) is 2.90. The van der Waals surface area contributed by atoms with Gasteiger partial charge in [-0.1, -0.05) is 12.1 Å². The molecule has 1 fully saturated rings. The molecular formula is C12H11N3O2. The van der Waals surface area contributed by atoms with Crippen LogP contribution in [-0.4, -0.2) is 25.8 Å². The van der Waals surface area contributed by atoms with Gasteiger partial charge in [0.15, 0.2) is 5.82 Å². The highest BCUT2D eigenvalue weighted by Crippen LogP contribution is 2.37. The molecule has 1 heterocycles. The number of hydrogen-bond acceptors (Lipinski definition) is 3. The molecule has 5 heteroatoms. The molecule has 1 aromatic carbocycles. The van der Waals surface area contributed by atoms with Crippen molar-refractivity contribution in [3.63, 3.8) is 0 Å². The Balaban J connectivity index is 1.97. The van der Waals surface area contributed by atoms with Crippen LogP contribution >= 0.6 is 0 Å². The average Bonchev–Trinajstić information content (AvgIpc) is 3.07. The Morgan fingerprint density at radius 1 is 1.29 bits per heavy atom. The predicted octanol–water partition coefficient (Wildman–Crippen LogP) is 1.98. The molecule has 0 unspecified atom stereocenters. The zero-order valence-electron chi connectivity index (χ0n) is 9.08. The van der Waals surface area contributed by atoms with Crippen molar-refractivity contribution in [3.8, 4) is 11.4 Å². The predicted molar refractivity (Wildman–Crippen MR) is 60.7 cm³/mol. The minimum atomic E-state index is -0.916. The average molecular weight is 229 g/mol. The van der Waals surface area contributed by atoms with E-state index < -0.39 is 5.97 Å². The molecule has 1 N–H and O–H groups in total. The Hall–Kier alpha value is -2.17. The summed E-state index contributed by atoms with van der Waals surface area (Å²) in [6.07, 6.45) is 4.06. The van der Waals surface area contributed by atoms with Crippen molar-refractivity contribution < 1.29 is 9.90 Å². The zero-order chi connectivity index (χ0) is 11.8. The summed E-state index contributed by atoms with van der Waals surface area (Å²) in [4.78, 5) is 10.8. The molecule has 0 spiro atoms. The third-order valence-electron chi connectivity index (χ3n) is 2.90. The number of aromatic nitrogens is 3. The van der Waals surface area contributed by atoms with Crippen molar-refractivity contribution in [2.45, 2.75) is 18.9 Å². The SMILES string of the molecule is O=C(O)c1ccc(-c2nncn2C2CC2)cc1. The van der Waals surface area contributed by atoms with Crippen LogP contribution in [0, 0.1) is 0 Å². The fourth-order valence-corrected chi connectivity index (χ4v) is 1.83. The van der Waals surface area contributed by atoms with Gasteiger partial charge in [-0.3, -0.25) is 0 Å². The Bertz CT molecular complexity index is 555. The van der Waals surface area contributed by atoms with Crippen LogP contribution in [0.25, 0.3) is 11.4 Å². The first kappa shape index (κ1) is 10.0. The molecule has 0 atom stereocenters. The second kappa shape index (κ2) is 3.69. The van der Waals surface area contributed by atoms with E-state index in [0.29, 0.717) is 6.04 Å². The number of benzene rings is 1.